The van der Waals surface area contributed by atoms with Gasteiger partial charge in [-0.1, -0.05) is 24.3 Å². The van der Waals surface area contributed by atoms with E-state index in [4.69, 9.17) is 5.14 Å². The summed E-state index contributed by atoms with van der Waals surface area (Å²) in [6, 6.07) is 11.8. The second-order valence-corrected chi connectivity index (χ2v) is 8.40. The molecule has 3 aromatic rings. The molecule has 0 spiro atoms. The Morgan fingerprint density at radius 1 is 1.13 bits per heavy atom. The zero-order valence-corrected chi connectivity index (χ0v) is 17.4. The molecule has 3 rings (SSSR count). The van der Waals surface area contributed by atoms with Gasteiger partial charge in [-0.15, -0.1) is 0 Å². The lowest BCUT2D eigenvalue weighted by molar-refractivity contribution is -0.141. The monoisotopic (exact) mass is 438 g/mol. The molecular weight excluding hydrogens is 417 g/mol. The highest BCUT2D eigenvalue weighted by Crippen LogP contribution is 2.38. The van der Waals surface area contributed by atoms with E-state index in [0.29, 0.717) is 17.8 Å². The number of primary sulfonamides is 1. The molecule has 0 aliphatic heterocycles. The largest absolute Gasteiger partial charge is 0.435 e. The smallest absolute Gasteiger partial charge is 0.374 e. The van der Waals surface area contributed by atoms with Gasteiger partial charge in [0.2, 0.25) is 10.0 Å². The van der Waals surface area contributed by atoms with Crippen LogP contribution in [0.25, 0.3) is 16.9 Å². The van der Waals surface area contributed by atoms with Crippen LogP contribution in [0.15, 0.2) is 53.4 Å². The summed E-state index contributed by atoms with van der Waals surface area (Å²) in [4.78, 5) is 1.57. The number of hydrogen-bond donors (Lipinski definition) is 1. The molecule has 0 bridgehead atoms. The highest BCUT2D eigenvalue weighted by molar-refractivity contribution is 7.89. The van der Waals surface area contributed by atoms with Crippen molar-refractivity contribution in [2.75, 3.05) is 18.5 Å². The third kappa shape index (κ3) is 4.19. The van der Waals surface area contributed by atoms with E-state index in [-0.39, 0.29) is 16.3 Å². The molecule has 0 atom stereocenters. The van der Waals surface area contributed by atoms with Gasteiger partial charge in [-0.2, -0.15) is 18.3 Å². The Bertz CT molecular complexity index is 1190. The molecule has 160 valence electrons. The predicted molar refractivity (Wildman–Crippen MR) is 109 cm³/mol. The van der Waals surface area contributed by atoms with Crippen LogP contribution in [0.4, 0.5) is 18.9 Å². The minimum absolute atomic E-state index is 0.0591. The van der Waals surface area contributed by atoms with Crippen LogP contribution in [0.2, 0.25) is 0 Å². The van der Waals surface area contributed by atoms with Crippen LogP contribution in [0.5, 0.6) is 0 Å². The van der Waals surface area contributed by atoms with Crippen molar-refractivity contribution in [3.05, 3.63) is 59.8 Å². The van der Waals surface area contributed by atoms with Crippen LogP contribution in [-0.2, 0) is 16.2 Å². The van der Waals surface area contributed by atoms with Crippen molar-refractivity contribution < 1.29 is 21.6 Å². The Kier molecular flexibility index (Phi) is 5.66. The summed E-state index contributed by atoms with van der Waals surface area (Å²) in [7, 11) is -2.38. The number of halogens is 3. The molecule has 0 radical (unpaired) electrons. The average molecular weight is 438 g/mol. The van der Waals surface area contributed by atoms with E-state index < -0.39 is 21.9 Å². The van der Waals surface area contributed by atoms with E-state index in [2.05, 4.69) is 5.10 Å². The molecule has 6 nitrogen and oxygen atoms in total. The lowest BCUT2D eigenvalue weighted by Gasteiger charge is -2.22. The fraction of sp³-hybridized carbons (Fsp3) is 0.250. The van der Waals surface area contributed by atoms with E-state index >= 15 is 0 Å². The molecule has 1 heterocycles. The van der Waals surface area contributed by atoms with Gasteiger partial charge in [-0.25, -0.2) is 18.2 Å². The second kappa shape index (κ2) is 7.77. The van der Waals surface area contributed by atoms with Gasteiger partial charge >= 0.3 is 6.18 Å². The molecule has 0 aliphatic rings. The number of aryl methyl sites for hydroxylation is 1. The number of alkyl halides is 3. The van der Waals surface area contributed by atoms with Crippen LogP contribution >= 0.6 is 0 Å². The Morgan fingerprint density at radius 2 is 1.80 bits per heavy atom. The summed E-state index contributed by atoms with van der Waals surface area (Å²) in [5.74, 6) is 0. The number of para-hydroxylation sites is 1. The Balaban J connectivity index is 2.38. The number of sulfonamides is 1. The maximum atomic E-state index is 13.5. The van der Waals surface area contributed by atoms with Gasteiger partial charge < -0.3 is 4.90 Å². The highest BCUT2D eigenvalue weighted by atomic mass is 32.2. The Hall–Kier alpha value is -2.85. The SMILES string of the molecule is CCN(C)c1cc(C)ccc1-c1cc(C(F)(F)F)nn1-c1ccccc1S(N)(=O)=O. The standard InChI is InChI=1S/C20H21F3N4O2S/c1-4-26(3)16-11-13(2)9-10-14(16)17-12-19(20(21,22)23)25-27(17)15-7-5-6-8-18(15)30(24,28)29/h5-12H,4H2,1-3H3,(H2,24,28,29). The van der Waals surface area contributed by atoms with E-state index in [1.165, 1.54) is 24.3 Å². The predicted octanol–water partition coefficient (Wildman–Crippen LogP) is 3.97. The Morgan fingerprint density at radius 3 is 2.40 bits per heavy atom. The number of nitrogens with two attached hydrogens (primary N) is 1. The topological polar surface area (TPSA) is 81.2 Å². The van der Waals surface area contributed by atoms with E-state index in [1.807, 2.05) is 31.9 Å². The van der Waals surface area contributed by atoms with Gasteiger partial charge in [0.25, 0.3) is 0 Å². The van der Waals surface area contributed by atoms with E-state index in [0.717, 1.165) is 16.3 Å². The number of rotatable bonds is 5. The first-order valence-electron chi connectivity index (χ1n) is 9.05. The zero-order valence-electron chi connectivity index (χ0n) is 16.6. The second-order valence-electron chi connectivity index (χ2n) is 6.87. The van der Waals surface area contributed by atoms with Crippen LogP contribution in [-0.4, -0.2) is 31.8 Å². The molecule has 10 heteroatoms. The fourth-order valence-electron chi connectivity index (χ4n) is 3.11. The first-order valence-corrected chi connectivity index (χ1v) is 10.6. The lowest BCUT2D eigenvalue weighted by Crippen LogP contribution is -2.18. The first kappa shape index (κ1) is 21.8. The molecule has 0 saturated carbocycles. The molecule has 0 aliphatic carbocycles. The molecular formula is C20H21F3N4O2S. The van der Waals surface area contributed by atoms with Crippen molar-refractivity contribution in [3.63, 3.8) is 0 Å². The summed E-state index contributed by atoms with van der Waals surface area (Å²) in [5, 5.41) is 9.00. The third-order valence-electron chi connectivity index (χ3n) is 4.71. The van der Waals surface area contributed by atoms with Gasteiger partial charge in [-0.05, 0) is 43.7 Å². The Labute approximate surface area is 172 Å². The summed E-state index contributed by atoms with van der Waals surface area (Å²) in [6.07, 6.45) is -4.71. The molecule has 0 unspecified atom stereocenters. The fourth-order valence-corrected chi connectivity index (χ4v) is 3.83. The van der Waals surface area contributed by atoms with Gasteiger partial charge in [0.1, 0.15) is 4.90 Å². The van der Waals surface area contributed by atoms with E-state index in [9.17, 15) is 21.6 Å². The summed E-state index contributed by atoms with van der Waals surface area (Å²) in [5.41, 5.74) is 1.02. The summed E-state index contributed by atoms with van der Waals surface area (Å²) >= 11 is 0. The number of benzene rings is 2. The van der Waals surface area contributed by atoms with Crippen LogP contribution in [0.1, 0.15) is 18.2 Å². The van der Waals surface area contributed by atoms with Crippen molar-refractivity contribution in [2.24, 2.45) is 5.14 Å². The average Bonchev–Trinajstić information content (AvgIpc) is 3.12. The minimum atomic E-state index is -4.71. The normalized spacial score (nSPS) is 12.2. The first-order chi connectivity index (χ1) is 13.9. The van der Waals surface area contributed by atoms with Crippen molar-refractivity contribution in [1.82, 2.24) is 9.78 Å². The van der Waals surface area contributed by atoms with Gasteiger partial charge in [-0.3, -0.25) is 0 Å². The molecule has 0 fully saturated rings. The zero-order chi connectivity index (χ0) is 22.3. The van der Waals surface area contributed by atoms with Gasteiger partial charge in [0, 0.05) is 24.8 Å². The maximum Gasteiger partial charge on any atom is 0.435 e. The molecule has 1 aromatic heterocycles. The highest BCUT2D eigenvalue weighted by Gasteiger charge is 2.36. The van der Waals surface area contributed by atoms with Crippen molar-refractivity contribution >= 4 is 15.7 Å². The van der Waals surface area contributed by atoms with Crippen LogP contribution in [0, 0.1) is 6.92 Å². The number of nitrogens with zero attached hydrogens (tertiary/aromatic N) is 3. The maximum absolute atomic E-state index is 13.5. The van der Waals surface area contributed by atoms with Gasteiger partial charge in [0.05, 0.1) is 11.4 Å². The molecule has 0 amide bonds. The molecule has 2 aromatic carbocycles. The van der Waals surface area contributed by atoms with E-state index in [1.54, 1.807) is 12.1 Å². The minimum Gasteiger partial charge on any atom is -0.374 e. The number of hydrogen-bond acceptors (Lipinski definition) is 4. The van der Waals surface area contributed by atoms with Gasteiger partial charge in [0.15, 0.2) is 5.69 Å². The van der Waals surface area contributed by atoms with Crippen molar-refractivity contribution in [1.29, 1.82) is 0 Å². The third-order valence-corrected chi connectivity index (χ3v) is 5.67. The number of aromatic nitrogens is 2. The van der Waals surface area contributed by atoms with Crippen molar-refractivity contribution in [3.8, 4) is 16.9 Å². The van der Waals surface area contributed by atoms with Crippen LogP contribution in [0.3, 0.4) is 0 Å². The van der Waals surface area contributed by atoms with Crippen molar-refractivity contribution in [2.45, 2.75) is 24.9 Å². The number of anilines is 1. The molecule has 0 saturated heterocycles. The molecule has 2 N–H and O–H groups in total. The lowest BCUT2D eigenvalue weighted by atomic mass is 10.0. The molecule has 30 heavy (non-hydrogen) atoms. The summed E-state index contributed by atoms with van der Waals surface area (Å²) in [6.45, 7) is 4.41. The quantitative estimate of drug-likeness (QED) is 0.654. The summed E-state index contributed by atoms with van der Waals surface area (Å²) < 4.78 is 65.6. The van der Waals surface area contributed by atoms with Crippen LogP contribution < -0.4 is 10.0 Å².